The Hall–Kier alpha value is -2.03. The molecule has 9 heteroatoms. The van der Waals surface area contributed by atoms with Crippen LogP contribution in [0.15, 0.2) is 34.2 Å². The smallest absolute Gasteiger partial charge is 0.346 e. The SMILES string of the molecule is CC(C)n1c(SCC(=O)NCC(F)(F)F)nc2ccccc2c1=O. The first-order valence-electron chi connectivity index (χ1n) is 7.16. The summed E-state index contributed by atoms with van der Waals surface area (Å²) >= 11 is 0.936. The maximum absolute atomic E-state index is 12.6. The molecule has 2 aromatic rings. The van der Waals surface area contributed by atoms with Gasteiger partial charge in [0.2, 0.25) is 5.91 Å². The fourth-order valence-electron chi connectivity index (χ4n) is 2.06. The number of alkyl halides is 3. The van der Waals surface area contributed by atoms with E-state index in [1.165, 1.54) is 4.57 Å². The Morgan fingerprint density at radius 1 is 1.33 bits per heavy atom. The van der Waals surface area contributed by atoms with Gasteiger partial charge in [-0.25, -0.2) is 4.98 Å². The molecule has 0 bridgehead atoms. The average Bonchev–Trinajstić information content (AvgIpc) is 2.50. The second kappa shape index (κ2) is 7.25. The van der Waals surface area contributed by atoms with Gasteiger partial charge >= 0.3 is 6.18 Å². The molecule has 5 nitrogen and oxygen atoms in total. The van der Waals surface area contributed by atoms with Gasteiger partial charge in [0, 0.05) is 6.04 Å². The topological polar surface area (TPSA) is 64.0 Å². The highest BCUT2D eigenvalue weighted by Crippen LogP contribution is 2.21. The van der Waals surface area contributed by atoms with Crippen molar-refractivity contribution in [3.8, 4) is 0 Å². The highest BCUT2D eigenvalue weighted by molar-refractivity contribution is 7.99. The van der Waals surface area contributed by atoms with Crippen LogP contribution in [0.1, 0.15) is 19.9 Å². The van der Waals surface area contributed by atoms with E-state index in [4.69, 9.17) is 0 Å². The number of nitrogens with zero attached hydrogens (tertiary/aromatic N) is 2. The molecule has 130 valence electrons. The Morgan fingerprint density at radius 2 is 2.00 bits per heavy atom. The van der Waals surface area contributed by atoms with Gasteiger partial charge in [-0.2, -0.15) is 13.2 Å². The molecule has 0 aliphatic rings. The molecular weight excluding hydrogens is 343 g/mol. The van der Waals surface area contributed by atoms with Crippen LogP contribution in [0.25, 0.3) is 10.9 Å². The van der Waals surface area contributed by atoms with Crippen molar-refractivity contribution in [3.63, 3.8) is 0 Å². The maximum atomic E-state index is 12.6. The number of hydrogen-bond acceptors (Lipinski definition) is 4. The van der Waals surface area contributed by atoms with Gasteiger partial charge in [0.1, 0.15) is 6.54 Å². The minimum atomic E-state index is -4.46. The number of nitrogens with one attached hydrogen (secondary N) is 1. The van der Waals surface area contributed by atoms with Crippen LogP contribution >= 0.6 is 11.8 Å². The summed E-state index contributed by atoms with van der Waals surface area (Å²) in [5, 5.41) is 2.55. The second-order valence-corrected chi connectivity index (χ2v) is 6.30. The number of para-hydroxylation sites is 1. The van der Waals surface area contributed by atoms with Gasteiger partial charge in [0.25, 0.3) is 5.56 Å². The highest BCUT2D eigenvalue weighted by Gasteiger charge is 2.27. The molecule has 0 aliphatic heterocycles. The molecule has 0 fully saturated rings. The van der Waals surface area contributed by atoms with E-state index in [2.05, 4.69) is 4.98 Å². The summed E-state index contributed by atoms with van der Waals surface area (Å²) < 4.78 is 37.7. The van der Waals surface area contributed by atoms with Crippen LogP contribution in [0.2, 0.25) is 0 Å². The van der Waals surface area contributed by atoms with E-state index in [1.54, 1.807) is 43.4 Å². The summed E-state index contributed by atoms with van der Waals surface area (Å²) in [6, 6.07) is 6.60. The lowest BCUT2D eigenvalue weighted by Crippen LogP contribution is -2.35. The van der Waals surface area contributed by atoms with E-state index in [0.29, 0.717) is 16.1 Å². The molecule has 0 radical (unpaired) electrons. The van der Waals surface area contributed by atoms with Gasteiger partial charge in [-0.3, -0.25) is 14.2 Å². The van der Waals surface area contributed by atoms with Crippen LogP contribution < -0.4 is 10.9 Å². The molecule has 1 aromatic heterocycles. The van der Waals surface area contributed by atoms with E-state index < -0.39 is 18.6 Å². The van der Waals surface area contributed by atoms with Gasteiger partial charge in [0.15, 0.2) is 5.16 Å². The Kier molecular flexibility index (Phi) is 5.53. The number of hydrogen-bond donors (Lipinski definition) is 1. The van der Waals surface area contributed by atoms with E-state index in [-0.39, 0.29) is 17.4 Å². The minimum absolute atomic E-state index is 0.199. The number of carbonyl (C=O) groups is 1. The molecule has 1 aromatic carbocycles. The lowest BCUT2D eigenvalue weighted by Gasteiger charge is -2.16. The number of benzene rings is 1. The number of halogens is 3. The van der Waals surface area contributed by atoms with Crippen LogP contribution in [0.3, 0.4) is 0 Å². The quantitative estimate of drug-likeness (QED) is 0.659. The molecule has 1 amide bonds. The molecule has 1 heterocycles. The maximum Gasteiger partial charge on any atom is 0.405 e. The van der Waals surface area contributed by atoms with E-state index >= 15 is 0 Å². The fourth-order valence-corrected chi connectivity index (χ4v) is 3.02. The van der Waals surface area contributed by atoms with Gasteiger partial charge in [-0.15, -0.1) is 0 Å². The monoisotopic (exact) mass is 359 g/mol. The Bertz CT molecular complexity index is 803. The van der Waals surface area contributed by atoms with Crippen molar-refractivity contribution < 1.29 is 18.0 Å². The van der Waals surface area contributed by atoms with Crippen molar-refractivity contribution in [3.05, 3.63) is 34.6 Å². The van der Waals surface area contributed by atoms with Gasteiger partial charge in [-0.05, 0) is 26.0 Å². The van der Waals surface area contributed by atoms with Crippen molar-refractivity contribution in [2.24, 2.45) is 0 Å². The number of amides is 1. The molecule has 0 saturated heterocycles. The standard InChI is InChI=1S/C15H16F3N3O2S/c1-9(2)21-13(23)10-5-3-4-6-11(10)20-14(21)24-7-12(22)19-8-15(16,17)18/h3-6,9H,7-8H2,1-2H3,(H,19,22). The number of aromatic nitrogens is 2. The molecule has 0 aliphatic carbocycles. The predicted molar refractivity (Wildman–Crippen MR) is 86.2 cm³/mol. The summed E-state index contributed by atoms with van der Waals surface area (Å²) in [7, 11) is 0. The zero-order valence-electron chi connectivity index (χ0n) is 13.1. The van der Waals surface area contributed by atoms with E-state index in [1.807, 2.05) is 0 Å². The molecule has 24 heavy (non-hydrogen) atoms. The normalized spacial score (nSPS) is 11.9. The summed E-state index contributed by atoms with van der Waals surface area (Å²) in [4.78, 5) is 28.5. The Labute approximate surface area is 140 Å². The van der Waals surface area contributed by atoms with Gasteiger partial charge in [-0.1, -0.05) is 23.9 Å². The number of rotatable bonds is 5. The van der Waals surface area contributed by atoms with Crippen molar-refractivity contribution in [1.29, 1.82) is 0 Å². The lowest BCUT2D eigenvalue weighted by molar-refractivity contribution is -0.136. The van der Waals surface area contributed by atoms with Crippen molar-refractivity contribution >= 4 is 28.6 Å². The van der Waals surface area contributed by atoms with Crippen molar-refractivity contribution in [1.82, 2.24) is 14.9 Å². The highest BCUT2D eigenvalue weighted by atomic mass is 32.2. The van der Waals surface area contributed by atoms with E-state index in [9.17, 15) is 22.8 Å². The second-order valence-electron chi connectivity index (χ2n) is 5.36. The third-order valence-electron chi connectivity index (χ3n) is 3.11. The first-order chi connectivity index (χ1) is 11.2. The number of thioether (sulfide) groups is 1. The van der Waals surface area contributed by atoms with E-state index in [0.717, 1.165) is 11.8 Å². The Morgan fingerprint density at radius 3 is 2.62 bits per heavy atom. The summed E-state index contributed by atoms with van der Waals surface area (Å²) in [5.74, 6) is -1.02. The summed E-state index contributed by atoms with van der Waals surface area (Å²) in [5.41, 5.74) is 0.242. The number of fused-ring (bicyclic) bond motifs is 1. The van der Waals surface area contributed by atoms with Crippen molar-refractivity contribution in [2.75, 3.05) is 12.3 Å². The first kappa shape index (κ1) is 18.3. The molecule has 0 atom stereocenters. The molecule has 0 spiro atoms. The zero-order valence-corrected chi connectivity index (χ0v) is 13.9. The minimum Gasteiger partial charge on any atom is -0.346 e. The fraction of sp³-hybridized carbons (Fsp3) is 0.400. The summed E-state index contributed by atoms with van der Waals surface area (Å²) in [6.45, 7) is 2.21. The van der Waals surface area contributed by atoms with Crippen LogP contribution in [0, 0.1) is 0 Å². The molecule has 0 unspecified atom stereocenters. The summed E-state index contributed by atoms with van der Waals surface area (Å²) in [6.07, 6.45) is -4.46. The largest absolute Gasteiger partial charge is 0.405 e. The van der Waals surface area contributed by atoms with Crippen LogP contribution in [-0.2, 0) is 4.79 Å². The molecule has 1 N–H and O–H groups in total. The molecular formula is C15H16F3N3O2S. The zero-order chi connectivity index (χ0) is 17.9. The average molecular weight is 359 g/mol. The molecule has 2 rings (SSSR count). The molecule has 0 saturated carbocycles. The number of carbonyl (C=O) groups excluding carboxylic acids is 1. The van der Waals surface area contributed by atoms with Crippen LogP contribution in [-0.4, -0.2) is 33.9 Å². The van der Waals surface area contributed by atoms with Crippen molar-refractivity contribution in [2.45, 2.75) is 31.2 Å². The predicted octanol–water partition coefficient (Wildman–Crippen LogP) is 2.75. The Balaban J connectivity index is 2.23. The third kappa shape index (κ3) is 4.50. The van der Waals surface area contributed by atoms with Gasteiger partial charge < -0.3 is 5.32 Å². The lowest BCUT2D eigenvalue weighted by atomic mass is 10.2. The van der Waals surface area contributed by atoms with Crippen LogP contribution in [0.5, 0.6) is 0 Å². The van der Waals surface area contributed by atoms with Gasteiger partial charge in [0.05, 0.1) is 16.7 Å². The first-order valence-corrected chi connectivity index (χ1v) is 8.15. The van der Waals surface area contributed by atoms with Crippen LogP contribution in [0.4, 0.5) is 13.2 Å². The third-order valence-corrected chi connectivity index (χ3v) is 4.06.